The van der Waals surface area contributed by atoms with Crippen molar-refractivity contribution in [1.29, 1.82) is 0 Å². The highest BCUT2D eigenvalue weighted by atomic mass is 16.5. The molecule has 6 nitrogen and oxygen atoms in total. The van der Waals surface area contributed by atoms with Crippen LogP contribution in [0.25, 0.3) is 0 Å². The van der Waals surface area contributed by atoms with Crippen molar-refractivity contribution in [3.63, 3.8) is 0 Å². The van der Waals surface area contributed by atoms with Crippen LogP contribution in [-0.4, -0.2) is 49.3 Å². The van der Waals surface area contributed by atoms with Gasteiger partial charge in [-0.3, -0.25) is 0 Å². The molecule has 0 spiro atoms. The number of rotatable bonds is 5. The quantitative estimate of drug-likeness (QED) is 0.637. The molecule has 0 amide bonds. The Morgan fingerprint density at radius 1 is 1.43 bits per heavy atom. The van der Waals surface area contributed by atoms with Crippen LogP contribution in [0.3, 0.4) is 0 Å². The van der Waals surface area contributed by atoms with Gasteiger partial charge in [-0.2, -0.15) is 0 Å². The summed E-state index contributed by atoms with van der Waals surface area (Å²) in [6.45, 7) is 8.30. The van der Waals surface area contributed by atoms with Crippen molar-refractivity contribution in [3.8, 4) is 0 Å². The van der Waals surface area contributed by atoms with E-state index in [9.17, 15) is 0 Å². The molecule has 1 aliphatic heterocycles. The SMILES string of the molecule is CCNC(=NCc1ccc(N2CCOC(C)C2)nc1)NC1CC1. The molecule has 2 aliphatic rings. The molecule has 1 atom stereocenters. The normalized spacial score (nSPS) is 22.1. The third-order valence-electron chi connectivity index (χ3n) is 4.06. The molecule has 1 saturated heterocycles. The fraction of sp³-hybridized carbons (Fsp3) is 0.647. The maximum Gasteiger partial charge on any atom is 0.191 e. The number of hydrogen-bond acceptors (Lipinski definition) is 4. The smallest absolute Gasteiger partial charge is 0.191 e. The summed E-state index contributed by atoms with van der Waals surface area (Å²) in [4.78, 5) is 11.5. The average Bonchev–Trinajstić information content (AvgIpc) is 3.37. The van der Waals surface area contributed by atoms with Crippen molar-refractivity contribution in [2.75, 3.05) is 31.1 Å². The number of aliphatic imine (C=N–C) groups is 1. The molecular weight excluding hydrogens is 290 g/mol. The fourth-order valence-corrected chi connectivity index (χ4v) is 2.64. The molecule has 6 heteroatoms. The molecule has 2 N–H and O–H groups in total. The number of nitrogens with one attached hydrogen (secondary N) is 2. The standard InChI is InChI=1S/C17H27N5O/c1-3-18-17(21-15-5-6-15)20-11-14-4-7-16(19-10-14)22-8-9-23-13(2)12-22/h4,7,10,13,15H,3,5-6,8-9,11-12H2,1-2H3,(H2,18,20,21). The van der Waals surface area contributed by atoms with Crippen LogP contribution in [0, 0.1) is 0 Å². The van der Waals surface area contributed by atoms with E-state index in [1.807, 2.05) is 6.20 Å². The molecule has 1 aromatic rings. The molecule has 2 heterocycles. The maximum atomic E-state index is 5.58. The van der Waals surface area contributed by atoms with Crippen LogP contribution in [0.1, 0.15) is 32.3 Å². The van der Waals surface area contributed by atoms with Gasteiger partial charge >= 0.3 is 0 Å². The average molecular weight is 317 g/mol. The van der Waals surface area contributed by atoms with E-state index in [1.165, 1.54) is 12.8 Å². The van der Waals surface area contributed by atoms with E-state index in [-0.39, 0.29) is 6.10 Å². The van der Waals surface area contributed by atoms with Crippen LogP contribution in [0.5, 0.6) is 0 Å². The van der Waals surface area contributed by atoms with Crippen LogP contribution in [0.2, 0.25) is 0 Å². The Kier molecular flexibility index (Phi) is 5.33. The number of nitrogens with zero attached hydrogens (tertiary/aromatic N) is 3. The van der Waals surface area contributed by atoms with Gasteiger partial charge in [-0.05, 0) is 38.3 Å². The zero-order chi connectivity index (χ0) is 16.1. The van der Waals surface area contributed by atoms with E-state index in [0.717, 1.165) is 43.6 Å². The fourth-order valence-electron chi connectivity index (χ4n) is 2.64. The van der Waals surface area contributed by atoms with Crippen LogP contribution in [0.15, 0.2) is 23.3 Å². The lowest BCUT2D eigenvalue weighted by molar-refractivity contribution is 0.0529. The lowest BCUT2D eigenvalue weighted by atomic mass is 10.2. The summed E-state index contributed by atoms with van der Waals surface area (Å²) >= 11 is 0. The van der Waals surface area contributed by atoms with Gasteiger partial charge in [-0.15, -0.1) is 0 Å². The summed E-state index contributed by atoms with van der Waals surface area (Å²) in [5.41, 5.74) is 1.13. The molecule has 3 rings (SSSR count). The Hall–Kier alpha value is -1.82. The van der Waals surface area contributed by atoms with Gasteiger partial charge in [0.15, 0.2) is 5.96 Å². The highest BCUT2D eigenvalue weighted by Gasteiger charge is 2.22. The van der Waals surface area contributed by atoms with Crippen LogP contribution >= 0.6 is 0 Å². The van der Waals surface area contributed by atoms with Crippen molar-refractivity contribution in [2.24, 2.45) is 4.99 Å². The molecule has 126 valence electrons. The number of morpholine rings is 1. The van der Waals surface area contributed by atoms with Crippen molar-refractivity contribution in [2.45, 2.75) is 45.4 Å². The second kappa shape index (κ2) is 7.64. The van der Waals surface area contributed by atoms with E-state index in [4.69, 9.17) is 4.74 Å². The summed E-state index contributed by atoms with van der Waals surface area (Å²) in [6.07, 6.45) is 4.70. The molecule has 2 fully saturated rings. The maximum absolute atomic E-state index is 5.58. The van der Waals surface area contributed by atoms with Crippen molar-refractivity contribution < 1.29 is 4.74 Å². The third-order valence-corrected chi connectivity index (χ3v) is 4.06. The number of ether oxygens (including phenoxy) is 1. The Morgan fingerprint density at radius 2 is 2.30 bits per heavy atom. The largest absolute Gasteiger partial charge is 0.375 e. The molecule has 1 saturated carbocycles. The zero-order valence-electron chi connectivity index (χ0n) is 14.1. The summed E-state index contributed by atoms with van der Waals surface area (Å²) in [7, 11) is 0. The van der Waals surface area contributed by atoms with Crippen LogP contribution in [-0.2, 0) is 11.3 Å². The van der Waals surface area contributed by atoms with Gasteiger partial charge in [0.1, 0.15) is 5.82 Å². The van der Waals surface area contributed by atoms with E-state index in [0.29, 0.717) is 12.6 Å². The molecule has 23 heavy (non-hydrogen) atoms. The van der Waals surface area contributed by atoms with Gasteiger partial charge in [0.05, 0.1) is 19.3 Å². The number of anilines is 1. The Balaban J connectivity index is 1.57. The number of guanidine groups is 1. The monoisotopic (exact) mass is 317 g/mol. The highest BCUT2D eigenvalue weighted by Crippen LogP contribution is 2.18. The molecular formula is C17H27N5O. The molecule has 1 aliphatic carbocycles. The van der Waals surface area contributed by atoms with Gasteiger partial charge < -0.3 is 20.3 Å². The number of hydrogen-bond donors (Lipinski definition) is 2. The van der Waals surface area contributed by atoms with Crippen molar-refractivity contribution in [1.82, 2.24) is 15.6 Å². The van der Waals surface area contributed by atoms with Gasteiger partial charge in [0, 0.05) is 31.9 Å². The highest BCUT2D eigenvalue weighted by molar-refractivity contribution is 5.80. The first-order valence-corrected chi connectivity index (χ1v) is 8.61. The molecule has 0 aromatic carbocycles. The Morgan fingerprint density at radius 3 is 2.96 bits per heavy atom. The topological polar surface area (TPSA) is 61.8 Å². The zero-order valence-corrected chi connectivity index (χ0v) is 14.1. The molecule has 0 bridgehead atoms. The Bertz CT molecular complexity index is 526. The third kappa shape index (κ3) is 4.82. The van der Waals surface area contributed by atoms with Gasteiger partial charge in [-0.25, -0.2) is 9.98 Å². The van der Waals surface area contributed by atoms with Gasteiger partial charge in [0.2, 0.25) is 0 Å². The summed E-state index contributed by atoms with van der Waals surface area (Å²) in [6, 6.07) is 4.81. The predicted molar refractivity (Wildman–Crippen MR) is 92.8 cm³/mol. The first-order valence-electron chi connectivity index (χ1n) is 8.61. The van der Waals surface area contributed by atoms with E-state index >= 15 is 0 Å². The van der Waals surface area contributed by atoms with Crippen molar-refractivity contribution in [3.05, 3.63) is 23.9 Å². The number of pyridine rings is 1. The second-order valence-corrected chi connectivity index (χ2v) is 6.27. The molecule has 1 unspecified atom stereocenters. The van der Waals surface area contributed by atoms with E-state index < -0.39 is 0 Å². The lowest BCUT2D eigenvalue weighted by Crippen LogP contribution is -2.41. The van der Waals surface area contributed by atoms with E-state index in [2.05, 4.69) is 51.5 Å². The van der Waals surface area contributed by atoms with Gasteiger partial charge in [0.25, 0.3) is 0 Å². The minimum atomic E-state index is 0.269. The van der Waals surface area contributed by atoms with E-state index in [1.54, 1.807) is 0 Å². The molecule has 1 aromatic heterocycles. The predicted octanol–water partition coefficient (Wildman–Crippen LogP) is 1.52. The summed E-state index contributed by atoms with van der Waals surface area (Å²) in [5, 5.41) is 6.71. The summed E-state index contributed by atoms with van der Waals surface area (Å²) in [5.74, 6) is 1.93. The summed E-state index contributed by atoms with van der Waals surface area (Å²) < 4.78 is 5.58. The molecule has 0 radical (unpaired) electrons. The first-order chi connectivity index (χ1) is 11.2. The second-order valence-electron chi connectivity index (χ2n) is 6.27. The van der Waals surface area contributed by atoms with Crippen LogP contribution < -0.4 is 15.5 Å². The first kappa shape index (κ1) is 16.1. The minimum absolute atomic E-state index is 0.269. The minimum Gasteiger partial charge on any atom is -0.375 e. The Labute approximate surface area is 138 Å². The van der Waals surface area contributed by atoms with Crippen LogP contribution in [0.4, 0.5) is 5.82 Å². The number of aromatic nitrogens is 1. The van der Waals surface area contributed by atoms with Gasteiger partial charge in [-0.1, -0.05) is 6.07 Å². The lowest BCUT2D eigenvalue weighted by Gasteiger charge is -2.32. The van der Waals surface area contributed by atoms with Crippen molar-refractivity contribution >= 4 is 11.8 Å².